The van der Waals surface area contributed by atoms with Crippen molar-refractivity contribution >= 4 is 11.9 Å². The van der Waals surface area contributed by atoms with Crippen LogP contribution in [0.25, 0.3) is 0 Å². The topological polar surface area (TPSA) is 68.5 Å². The number of ether oxygens (including phenoxy) is 1. The second-order valence-corrected chi connectivity index (χ2v) is 8.90. The fraction of sp³-hybridized carbons (Fsp3) is 0.333. The standard InChI is InChI=1S/C27H31NO4/c1-6-31-26(30)24(19-10-8-7-9-11-19)28-25(29)23-15-14-22(32-23)17-20-16-21(27(3,4)5)13-12-18(20)2/h7-16,24H,6,17H2,1-5H3,(H,28,29). The first kappa shape index (κ1) is 23.3. The summed E-state index contributed by atoms with van der Waals surface area (Å²) in [4.78, 5) is 25.3. The van der Waals surface area contributed by atoms with E-state index >= 15 is 0 Å². The third kappa shape index (κ3) is 5.67. The molecule has 0 aliphatic carbocycles. The van der Waals surface area contributed by atoms with Gasteiger partial charge in [-0.2, -0.15) is 0 Å². The summed E-state index contributed by atoms with van der Waals surface area (Å²) in [6, 6.07) is 18.0. The van der Waals surface area contributed by atoms with E-state index in [9.17, 15) is 9.59 Å². The van der Waals surface area contributed by atoms with Gasteiger partial charge in [-0.1, -0.05) is 69.3 Å². The SMILES string of the molecule is CCOC(=O)C(NC(=O)c1ccc(Cc2cc(C(C)(C)C)ccc2C)o1)c1ccccc1. The molecule has 1 amide bonds. The van der Waals surface area contributed by atoms with Crippen molar-refractivity contribution in [3.05, 3.63) is 94.4 Å². The molecule has 5 heteroatoms. The van der Waals surface area contributed by atoms with Crippen LogP contribution in [0.1, 0.15) is 72.3 Å². The molecule has 3 rings (SSSR count). The second-order valence-electron chi connectivity index (χ2n) is 8.90. The van der Waals surface area contributed by atoms with Crippen LogP contribution in [0, 0.1) is 6.92 Å². The Morgan fingerprint density at radius 2 is 1.75 bits per heavy atom. The molecule has 168 valence electrons. The lowest BCUT2D eigenvalue weighted by atomic mass is 9.85. The van der Waals surface area contributed by atoms with Crippen LogP contribution in [0.2, 0.25) is 0 Å². The Kier molecular flexibility index (Phi) is 7.18. The summed E-state index contributed by atoms with van der Waals surface area (Å²) in [5, 5.41) is 2.74. The number of nitrogens with one attached hydrogen (secondary N) is 1. The zero-order valence-corrected chi connectivity index (χ0v) is 19.4. The maximum atomic E-state index is 12.8. The van der Waals surface area contributed by atoms with E-state index < -0.39 is 17.9 Å². The van der Waals surface area contributed by atoms with Gasteiger partial charge in [0.05, 0.1) is 6.61 Å². The van der Waals surface area contributed by atoms with Crippen LogP contribution >= 0.6 is 0 Å². The summed E-state index contributed by atoms with van der Waals surface area (Å²) in [5.41, 5.74) is 4.29. The Morgan fingerprint density at radius 1 is 1.03 bits per heavy atom. The molecule has 2 aromatic carbocycles. The minimum absolute atomic E-state index is 0.0518. The lowest BCUT2D eigenvalue weighted by Crippen LogP contribution is -2.34. The molecule has 0 saturated carbocycles. The maximum absolute atomic E-state index is 12.8. The predicted octanol–water partition coefficient (Wildman–Crippen LogP) is 5.51. The Bertz CT molecular complexity index is 1080. The lowest BCUT2D eigenvalue weighted by Gasteiger charge is -2.20. The Hall–Kier alpha value is -3.34. The summed E-state index contributed by atoms with van der Waals surface area (Å²) in [6.45, 7) is 10.6. The van der Waals surface area contributed by atoms with Gasteiger partial charge in [0.2, 0.25) is 0 Å². The normalized spacial score (nSPS) is 12.3. The largest absolute Gasteiger partial charge is 0.464 e. The van der Waals surface area contributed by atoms with E-state index in [1.165, 1.54) is 11.1 Å². The van der Waals surface area contributed by atoms with Crippen LogP contribution in [0.3, 0.4) is 0 Å². The highest BCUT2D eigenvalue weighted by Gasteiger charge is 2.26. The Labute approximate surface area is 189 Å². The fourth-order valence-corrected chi connectivity index (χ4v) is 3.46. The molecule has 1 unspecified atom stereocenters. The van der Waals surface area contributed by atoms with E-state index in [1.807, 2.05) is 18.2 Å². The number of esters is 1. The van der Waals surface area contributed by atoms with Gasteiger partial charge in [-0.25, -0.2) is 4.79 Å². The molecule has 0 spiro atoms. The van der Waals surface area contributed by atoms with Gasteiger partial charge >= 0.3 is 5.97 Å². The van der Waals surface area contributed by atoms with E-state index in [4.69, 9.17) is 9.15 Å². The van der Waals surface area contributed by atoms with E-state index in [0.29, 0.717) is 17.7 Å². The van der Waals surface area contributed by atoms with Crippen molar-refractivity contribution in [3.63, 3.8) is 0 Å². The van der Waals surface area contributed by atoms with Crippen LogP contribution < -0.4 is 5.32 Å². The molecular formula is C27H31NO4. The zero-order chi connectivity index (χ0) is 23.3. The Morgan fingerprint density at radius 3 is 2.41 bits per heavy atom. The molecule has 0 fully saturated rings. The molecule has 5 nitrogen and oxygen atoms in total. The number of carbonyl (C=O) groups excluding carboxylic acids is 2. The highest BCUT2D eigenvalue weighted by Crippen LogP contribution is 2.26. The first-order valence-electron chi connectivity index (χ1n) is 10.9. The summed E-state index contributed by atoms with van der Waals surface area (Å²) in [6.07, 6.45) is 0.586. The van der Waals surface area contributed by atoms with Gasteiger partial charge in [-0.15, -0.1) is 0 Å². The van der Waals surface area contributed by atoms with Gasteiger partial charge in [-0.05, 0) is 53.6 Å². The van der Waals surface area contributed by atoms with E-state index in [0.717, 1.165) is 5.56 Å². The number of carbonyl (C=O) groups is 2. The molecule has 0 aliphatic rings. The fourth-order valence-electron chi connectivity index (χ4n) is 3.46. The highest BCUT2D eigenvalue weighted by atomic mass is 16.5. The number of furan rings is 1. The number of aryl methyl sites for hydroxylation is 1. The average molecular weight is 434 g/mol. The van der Waals surface area contributed by atoms with Crippen LogP contribution in [0.15, 0.2) is 65.1 Å². The monoisotopic (exact) mass is 433 g/mol. The van der Waals surface area contributed by atoms with Gasteiger partial charge in [0, 0.05) is 6.42 Å². The van der Waals surface area contributed by atoms with Crippen molar-refractivity contribution in [1.82, 2.24) is 5.32 Å². The molecular weight excluding hydrogens is 402 g/mol. The van der Waals surface area contributed by atoms with Gasteiger partial charge in [0.15, 0.2) is 11.8 Å². The number of benzene rings is 2. The smallest absolute Gasteiger partial charge is 0.333 e. The van der Waals surface area contributed by atoms with E-state index in [2.05, 4.69) is 51.2 Å². The molecule has 32 heavy (non-hydrogen) atoms. The van der Waals surface area contributed by atoms with Gasteiger partial charge in [0.1, 0.15) is 5.76 Å². The number of hydrogen-bond acceptors (Lipinski definition) is 4. The molecule has 1 atom stereocenters. The number of amides is 1. The summed E-state index contributed by atoms with van der Waals surface area (Å²) < 4.78 is 11.0. The molecule has 1 N–H and O–H groups in total. The van der Waals surface area contributed by atoms with Gasteiger partial charge in [0.25, 0.3) is 5.91 Å². The average Bonchev–Trinajstić information content (AvgIpc) is 3.22. The maximum Gasteiger partial charge on any atom is 0.333 e. The third-order valence-corrected chi connectivity index (χ3v) is 5.40. The molecule has 0 bridgehead atoms. The van der Waals surface area contributed by atoms with Crippen molar-refractivity contribution in [3.8, 4) is 0 Å². The quantitative estimate of drug-likeness (QED) is 0.499. The number of hydrogen-bond donors (Lipinski definition) is 1. The first-order valence-corrected chi connectivity index (χ1v) is 10.9. The van der Waals surface area contributed by atoms with Crippen LogP contribution in [-0.4, -0.2) is 18.5 Å². The molecule has 3 aromatic rings. The molecule has 1 heterocycles. The van der Waals surface area contributed by atoms with Crippen molar-refractivity contribution in [2.45, 2.75) is 52.5 Å². The van der Waals surface area contributed by atoms with E-state index in [1.54, 1.807) is 31.2 Å². The van der Waals surface area contributed by atoms with Crippen molar-refractivity contribution < 1.29 is 18.7 Å². The van der Waals surface area contributed by atoms with Crippen molar-refractivity contribution in [2.24, 2.45) is 0 Å². The van der Waals surface area contributed by atoms with Crippen molar-refractivity contribution in [1.29, 1.82) is 0 Å². The highest BCUT2D eigenvalue weighted by molar-refractivity contribution is 5.95. The lowest BCUT2D eigenvalue weighted by molar-refractivity contribution is -0.145. The molecule has 0 saturated heterocycles. The first-order chi connectivity index (χ1) is 15.2. The summed E-state index contributed by atoms with van der Waals surface area (Å²) >= 11 is 0. The number of rotatable bonds is 7. The third-order valence-electron chi connectivity index (χ3n) is 5.40. The predicted molar refractivity (Wildman–Crippen MR) is 125 cm³/mol. The Balaban J connectivity index is 1.77. The van der Waals surface area contributed by atoms with E-state index in [-0.39, 0.29) is 17.8 Å². The second kappa shape index (κ2) is 9.86. The van der Waals surface area contributed by atoms with Gasteiger partial charge in [-0.3, -0.25) is 4.79 Å². The summed E-state index contributed by atoms with van der Waals surface area (Å²) in [7, 11) is 0. The van der Waals surface area contributed by atoms with Gasteiger partial charge < -0.3 is 14.5 Å². The molecule has 0 radical (unpaired) electrons. The van der Waals surface area contributed by atoms with Crippen LogP contribution in [0.4, 0.5) is 0 Å². The van der Waals surface area contributed by atoms with Crippen molar-refractivity contribution in [2.75, 3.05) is 6.61 Å². The zero-order valence-electron chi connectivity index (χ0n) is 19.4. The minimum Gasteiger partial charge on any atom is -0.464 e. The molecule has 0 aliphatic heterocycles. The molecule has 1 aromatic heterocycles. The van der Waals surface area contributed by atoms with Crippen LogP contribution in [-0.2, 0) is 21.4 Å². The summed E-state index contributed by atoms with van der Waals surface area (Å²) in [5.74, 6) is -0.113. The minimum atomic E-state index is -0.900. The van der Waals surface area contributed by atoms with Crippen LogP contribution in [0.5, 0.6) is 0 Å².